The molecule has 100 valence electrons. The highest BCUT2D eigenvalue weighted by Gasteiger charge is 2.79. The molecule has 0 N–H and O–H groups in total. The second-order valence-corrected chi connectivity index (χ2v) is 7.33. The van der Waals surface area contributed by atoms with E-state index in [2.05, 4.69) is 20.8 Å². The van der Waals surface area contributed by atoms with Gasteiger partial charge in [0.15, 0.2) is 0 Å². The lowest BCUT2D eigenvalue weighted by molar-refractivity contribution is -0.145. The molecule has 0 aromatic rings. The summed E-state index contributed by atoms with van der Waals surface area (Å²) in [4.78, 5) is 12.1. The third kappa shape index (κ3) is 1.01. The third-order valence-corrected chi connectivity index (χ3v) is 6.59. The molecule has 2 heterocycles. The fourth-order valence-corrected chi connectivity index (χ4v) is 5.50. The fourth-order valence-electron chi connectivity index (χ4n) is 5.50. The average molecular weight is 250 g/mol. The minimum absolute atomic E-state index is 0.0228. The van der Waals surface area contributed by atoms with Crippen molar-refractivity contribution in [2.24, 2.45) is 35.0 Å². The van der Waals surface area contributed by atoms with Crippen molar-refractivity contribution in [1.29, 1.82) is 0 Å². The first-order valence-corrected chi connectivity index (χ1v) is 7.32. The van der Waals surface area contributed by atoms with Gasteiger partial charge in [-0.2, -0.15) is 0 Å². The summed E-state index contributed by atoms with van der Waals surface area (Å²) >= 11 is 0. The predicted molar refractivity (Wildman–Crippen MR) is 65.8 cm³/mol. The van der Waals surface area contributed by atoms with E-state index in [-0.39, 0.29) is 22.9 Å². The van der Waals surface area contributed by atoms with Crippen LogP contribution < -0.4 is 0 Å². The molecule has 2 aliphatic carbocycles. The Bertz CT molecular complexity index is 412. The van der Waals surface area contributed by atoms with Crippen molar-refractivity contribution in [2.75, 3.05) is 13.2 Å². The number of carbonyl (C=O) groups excluding carboxylic acids is 1. The predicted octanol–water partition coefficient (Wildman–Crippen LogP) is 2.25. The van der Waals surface area contributed by atoms with Crippen LogP contribution in [0.2, 0.25) is 0 Å². The van der Waals surface area contributed by atoms with E-state index in [4.69, 9.17) is 9.47 Å². The molecule has 6 atom stereocenters. The molecule has 3 nitrogen and oxygen atoms in total. The molecule has 4 aliphatic rings. The summed E-state index contributed by atoms with van der Waals surface area (Å²) < 4.78 is 11.4. The normalized spacial score (nSPS) is 57.0. The van der Waals surface area contributed by atoms with Gasteiger partial charge in [0.2, 0.25) is 0 Å². The van der Waals surface area contributed by atoms with Gasteiger partial charge in [-0.15, -0.1) is 0 Å². The van der Waals surface area contributed by atoms with Crippen LogP contribution in [0.3, 0.4) is 0 Å². The van der Waals surface area contributed by atoms with Crippen molar-refractivity contribution in [2.45, 2.75) is 39.2 Å². The van der Waals surface area contributed by atoms with Crippen molar-refractivity contribution in [3.05, 3.63) is 0 Å². The molecule has 0 unspecified atom stereocenters. The minimum Gasteiger partial charge on any atom is -0.465 e. The van der Waals surface area contributed by atoms with Crippen LogP contribution in [0, 0.1) is 35.0 Å². The number of epoxide rings is 1. The average Bonchev–Trinajstić information content (AvgIpc) is 2.99. The summed E-state index contributed by atoms with van der Waals surface area (Å²) in [6, 6.07) is 0. The first-order valence-electron chi connectivity index (χ1n) is 7.32. The van der Waals surface area contributed by atoms with Gasteiger partial charge in [-0.3, -0.25) is 4.79 Å². The maximum atomic E-state index is 12.1. The second kappa shape index (κ2) is 3.12. The van der Waals surface area contributed by atoms with Crippen LogP contribution in [0.5, 0.6) is 0 Å². The minimum atomic E-state index is 0.0228. The van der Waals surface area contributed by atoms with Crippen LogP contribution in [-0.4, -0.2) is 24.8 Å². The molecule has 2 aliphatic heterocycles. The number of esters is 1. The Morgan fingerprint density at radius 3 is 2.72 bits per heavy atom. The summed E-state index contributed by atoms with van der Waals surface area (Å²) in [7, 11) is 0. The molecule has 0 radical (unpaired) electrons. The lowest BCUT2D eigenvalue weighted by atomic mass is 9.60. The van der Waals surface area contributed by atoms with Gasteiger partial charge in [-0.25, -0.2) is 0 Å². The highest BCUT2D eigenvalue weighted by atomic mass is 16.6. The van der Waals surface area contributed by atoms with Gasteiger partial charge >= 0.3 is 5.97 Å². The Balaban J connectivity index is 1.83. The summed E-state index contributed by atoms with van der Waals surface area (Å²) in [5, 5.41) is 0. The van der Waals surface area contributed by atoms with E-state index >= 15 is 0 Å². The van der Waals surface area contributed by atoms with Crippen LogP contribution in [0.25, 0.3) is 0 Å². The molecule has 4 rings (SSSR count). The Kier molecular flexibility index (Phi) is 1.95. The van der Waals surface area contributed by atoms with Gasteiger partial charge in [-0.05, 0) is 24.7 Å². The lowest BCUT2D eigenvalue weighted by Crippen LogP contribution is -2.47. The maximum absolute atomic E-state index is 12.1. The standard InChI is InChI=1S/C15H22O3/c1-8(2)9-4-5-14(3)10-6-17-13(16)11(10)12(9)15(14)7-18-15/h8-12H,4-7H2,1-3H3/t9-,10-,11+,12-,14+,15+/m1/s1. The van der Waals surface area contributed by atoms with Crippen LogP contribution in [0.4, 0.5) is 0 Å². The lowest BCUT2D eigenvalue weighted by Gasteiger charge is -2.44. The SMILES string of the molecule is CC(C)[C@H]1CC[C@@]2(C)[C@@H]3COC(=O)[C@@H]3[C@@H]1[C@@]21CO1. The molecule has 3 heteroatoms. The quantitative estimate of drug-likeness (QED) is 0.529. The topological polar surface area (TPSA) is 38.8 Å². The molecule has 0 aromatic heterocycles. The van der Waals surface area contributed by atoms with E-state index in [1.54, 1.807) is 0 Å². The van der Waals surface area contributed by atoms with Crippen molar-refractivity contribution in [3.63, 3.8) is 0 Å². The summed E-state index contributed by atoms with van der Waals surface area (Å²) in [6.45, 7) is 8.42. The summed E-state index contributed by atoms with van der Waals surface area (Å²) in [5.41, 5.74) is 0.203. The van der Waals surface area contributed by atoms with E-state index in [9.17, 15) is 4.79 Å². The molecule has 2 bridgehead atoms. The van der Waals surface area contributed by atoms with E-state index in [1.165, 1.54) is 12.8 Å². The Morgan fingerprint density at radius 2 is 2.11 bits per heavy atom. The number of hydrogen-bond acceptors (Lipinski definition) is 3. The third-order valence-electron chi connectivity index (χ3n) is 6.59. The molecule has 0 aromatic carbocycles. The van der Waals surface area contributed by atoms with Crippen LogP contribution in [0.1, 0.15) is 33.6 Å². The zero-order chi connectivity index (χ0) is 12.7. The van der Waals surface area contributed by atoms with E-state index in [0.717, 1.165) is 6.61 Å². The van der Waals surface area contributed by atoms with Gasteiger partial charge < -0.3 is 9.47 Å². The largest absolute Gasteiger partial charge is 0.465 e. The fraction of sp³-hybridized carbons (Fsp3) is 0.933. The number of rotatable bonds is 1. The molecule has 1 spiro atoms. The summed E-state index contributed by atoms with van der Waals surface area (Å²) in [5.74, 6) is 2.25. The first kappa shape index (κ1) is 11.3. The van der Waals surface area contributed by atoms with Gasteiger partial charge in [0, 0.05) is 17.3 Å². The molecule has 4 fully saturated rings. The molecule has 18 heavy (non-hydrogen) atoms. The molecular formula is C15H22O3. The van der Waals surface area contributed by atoms with E-state index in [0.29, 0.717) is 30.3 Å². The molecule has 2 saturated carbocycles. The monoisotopic (exact) mass is 250 g/mol. The molecule has 0 amide bonds. The van der Waals surface area contributed by atoms with Gasteiger partial charge in [0.05, 0.1) is 19.1 Å². The summed E-state index contributed by atoms with van der Waals surface area (Å²) in [6.07, 6.45) is 2.45. The number of fused-ring (bicyclic) bond motifs is 3. The zero-order valence-corrected chi connectivity index (χ0v) is 11.4. The van der Waals surface area contributed by atoms with Crippen molar-refractivity contribution in [3.8, 4) is 0 Å². The van der Waals surface area contributed by atoms with Crippen molar-refractivity contribution in [1.82, 2.24) is 0 Å². The van der Waals surface area contributed by atoms with Crippen LogP contribution in [-0.2, 0) is 14.3 Å². The number of hydrogen-bond donors (Lipinski definition) is 0. The van der Waals surface area contributed by atoms with Crippen LogP contribution >= 0.6 is 0 Å². The maximum Gasteiger partial charge on any atom is 0.309 e. The Labute approximate surface area is 108 Å². The van der Waals surface area contributed by atoms with E-state index < -0.39 is 0 Å². The zero-order valence-electron chi connectivity index (χ0n) is 11.4. The van der Waals surface area contributed by atoms with Crippen molar-refractivity contribution < 1.29 is 14.3 Å². The Morgan fingerprint density at radius 1 is 1.39 bits per heavy atom. The number of cyclic esters (lactones) is 1. The second-order valence-electron chi connectivity index (χ2n) is 7.33. The van der Waals surface area contributed by atoms with Crippen molar-refractivity contribution >= 4 is 5.97 Å². The smallest absolute Gasteiger partial charge is 0.309 e. The molecular weight excluding hydrogens is 228 g/mol. The van der Waals surface area contributed by atoms with E-state index in [1.807, 2.05) is 0 Å². The first-order chi connectivity index (χ1) is 8.51. The number of ether oxygens (including phenoxy) is 2. The highest BCUT2D eigenvalue weighted by molar-refractivity contribution is 5.77. The molecule has 2 saturated heterocycles. The van der Waals surface area contributed by atoms with Gasteiger partial charge in [0.1, 0.15) is 5.60 Å². The highest BCUT2D eigenvalue weighted by Crippen LogP contribution is 2.73. The van der Waals surface area contributed by atoms with Gasteiger partial charge in [-0.1, -0.05) is 20.8 Å². The van der Waals surface area contributed by atoms with Crippen LogP contribution in [0.15, 0.2) is 0 Å². The van der Waals surface area contributed by atoms with Gasteiger partial charge in [0.25, 0.3) is 0 Å². The number of carbonyl (C=O) groups is 1. The Hall–Kier alpha value is -0.570.